The Kier molecular flexibility index (Phi) is 6.03. The first-order valence-electron chi connectivity index (χ1n) is 9.91. The highest BCUT2D eigenvalue weighted by Gasteiger charge is 2.27. The molecule has 1 heterocycles. The SMILES string of the molecule is Cc1onc(-c2c(Cl)cccc2Cl)c1C(=O)N(C)Cc1ccc(C(=O)NC2CC2)cc1. The van der Waals surface area contributed by atoms with Gasteiger partial charge in [0.2, 0.25) is 0 Å². The van der Waals surface area contributed by atoms with Crippen LogP contribution in [0.4, 0.5) is 0 Å². The van der Waals surface area contributed by atoms with Gasteiger partial charge in [-0.2, -0.15) is 0 Å². The Bertz CT molecular complexity index is 1120. The number of carbonyl (C=O) groups is 2. The minimum Gasteiger partial charge on any atom is -0.360 e. The highest BCUT2D eigenvalue weighted by atomic mass is 35.5. The fourth-order valence-electron chi connectivity index (χ4n) is 3.31. The van der Waals surface area contributed by atoms with E-state index in [1.165, 1.54) is 0 Å². The van der Waals surface area contributed by atoms with Crippen LogP contribution in [0.2, 0.25) is 10.0 Å². The lowest BCUT2D eigenvalue weighted by molar-refractivity contribution is 0.0783. The van der Waals surface area contributed by atoms with Crippen molar-refractivity contribution in [3.8, 4) is 11.3 Å². The number of benzene rings is 2. The Balaban J connectivity index is 1.52. The summed E-state index contributed by atoms with van der Waals surface area (Å²) in [5.41, 5.74) is 2.60. The molecule has 0 aliphatic heterocycles. The van der Waals surface area contributed by atoms with Crippen LogP contribution in [0.25, 0.3) is 11.3 Å². The summed E-state index contributed by atoms with van der Waals surface area (Å²) in [5, 5.41) is 7.78. The van der Waals surface area contributed by atoms with Gasteiger partial charge >= 0.3 is 0 Å². The second kappa shape index (κ2) is 8.73. The number of carbonyl (C=O) groups excluding carboxylic acids is 2. The molecule has 4 rings (SSSR count). The highest BCUT2D eigenvalue weighted by molar-refractivity contribution is 6.39. The van der Waals surface area contributed by atoms with E-state index in [0.717, 1.165) is 18.4 Å². The van der Waals surface area contributed by atoms with Crippen molar-refractivity contribution < 1.29 is 14.1 Å². The molecule has 1 fully saturated rings. The second-order valence-electron chi connectivity index (χ2n) is 7.66. The Hall–Kier alpha value is -2.83. The molecule has 1 aromatic heterocycles. The van der Waals surface area contributed by atoms with Crippen LogP contribution in [0.3, 0.4) is 0 Å². The minimum absolute atomic E-state index is 0.0696. The van der Waals surface area contributed by atoms with Gasteiger partial charge in [0, 0.05) is 30.8 Å². The van der Waals surface area contributed by atoms with Crippen molar-refractivity contribution in [3.63, 3.8) is 0 Å². The molecule has 0 spiro atoms. The van der Waals surface area contributed by atoms with Crippen molar-refractivity contribution in [2.75, 3.05) is 7.05 Å². The number of nitrogens with one attached hydrogen (secondary N) is 1. The van der Waals surface area contributed by atoms with Crippen molar-refractivity contribution in [1.29, 1.82) is 0 Å². The largest absolute Gasteiger partial charge is 0.360 e. The van der Waals surface area contributed by atoms with Gasteiger partial charge in [-0.1, -0.05) is 46.6 Å². The number of rotatable bonds is 6. The topological polar surface area (TPSA) is 75.4 Å². The van der Waals surface area contributed by atoms with Crippen LogP contribution < -0.4 is 5.32 Å². The third-order valence-electron chi connectivity index (χ3n) is 5.17. The van der Waals surface area contributed by atoms with Gasteiger partial charge in [0.05, 0.1) is 10.0 Å². The predicted octanol–water partition coefficient (Wildman–Crippen LogP) is 5.12. The summed E-state index contributed by atoms with van der Waals surface area (Å²) >= 11 is 12.6. The van der Waals surface area contributed by atoms with Crippen LogP contribution in [-0.2, 0) is 6.54 Å². The van der Waals surface area contributed by atoms with Crippen LogP contribution in [0.15, 0.2) is 47.0 Å². The zero-order chi connectivity index (χ0) is 22.1. The third-order valence-corrected chi connectivity index (χ3v) is 5.80. The lowest BCUT2D eigenvalue weighted by Crippen LogP contribution is -2.27. The van der Waals surface area contributed by atoms with Crippen LogP contribution in [0, 0.1) is 6.92 Å². The molecule has 0 bridgehead atoms. The van der Waals surface area contributed by atoms with Gasteiger partial charge in [-0.25, -0.2) is 0 Å². The van der Waals surface area contributed by atoms with Gasteiger partial charge in [-0.15, -0.1) is 0 Å². The molecule has 1 N–H and O–H groups in total. The summed E-state index contributed by atoms with van der Waals surface area (Å²) in [6, 6.07) is 12.6. The van der Waals surface area contributed by atoms with Gasteiger partial charge < -0.3 is 14.7 Å². The van der Waals surface area contributed by atoms with Gasteiger partial charge in [-0.05, 0) is 49.6 Å². The number of halogens is 2. The highest BCUT2D eigenvalue weighted by Crippen LogP contribution is 2.37. The van der Waals surface area contributed by atoms with Crippen molar-refractivity contribution in [2.45, 2.75) is 32.4 Å². The molecule has 1 aliphatic carbocycles. The van der Waals surface area contributed by atoms with Gasteiger partial charge in [0.25, 0.3) is 11.8 Å². The average molecular weight is 458 g/mol. The van der Waals surface area contributed by atoms with E-state index in [0.29, 0.717) is 50.8 Å². The van der Waals surface area contributed by atoms with E-state index in [1.54, 1.807) is 49.2 Å². The number of aryl methyl sites for hydroxylation is 1. The molecular formula is C23H21Cl2N3O3. The molecule has 0 saturated heterocycles. The maximum atomic E-state index is 13.2. The fraction of sp³-hybridized carbons (Fsp3) is 0.261. The quantitative estimate of drug-likeness (QED) is 0.556. The van der Waals surface area contributed by atoms with E-state index in [2.05, 4.69) is 10.5 Å². The number of nitrogens with zero attached hydrogens (tertiary/aromatic N) is 2. The summed E-state index contributed by atoms with van der Waals surface area (Å²) in [4.78, 5) is 26.9. The number of hydrogen-bond donors (Lipinski definition) is 1. The van der Waals surface area contributed by atoms with Gasteiger partial charge in [0.15, 0.2) is 0 Å². The molecular weight excluding hydrogens is 437 g/mol. The lowest BCUT2D eigenvalue weighted by Gasteiger charge is -2.18. The minimum atomic E-state index is -0.264. The van der Waals surface area contributed by atoms with Gasteiger partial charge in [-0.3, -0.25) is 9.59 Å². The van der Waals surface area contributed by atoms with E-state index in [1.807, 2.05) is 12.1 Å². The number of aromatic nitrogens is 1. The summed E-state index contributed by atoms with van der Waals surface area (Å²) in [6.07, 6.45) is 2.08. The Morgan fingerprint density at radius 2 is 1.77 bits per heavy atom. The standard InChI is InChI=1S/C23H21Cl2N3O3/c1-13-19(21(27-31-13)20-17(24)4-3-5-18(20)25)23(30)28(2)12-14-6-8-15(9-7-14)22(29)26-16-10-11-16/h3-9,16H,10-12H2,1-2H3,(H,26,29). The molecule has 3 aromatic rings. The predicted molar refractivity (Wildman–Crippen MR) is 119 cm³/mol. The molecule has 0 atom stereocenters. The molecule has 1 aliphatic rings. The second-order valence-corrected chi connectivity index (χ2v) is 8.48. The van der Waals surface area contributed by atoms with E-state index in [9.17, 15) is 9.59 Å². The fourth-order valence-corrected chi connectivity index (χ4v) is 3.89. The third kappa shape index (κ3) is 4.60. The maximum Gasteiger partial charge on any atom is 0.259 e. The Morgan fingerprint density at radius 1 is 1.13 bits per heavy atom. The van der Waals surface area contributed by atoms with Crippen LogP contribution in [0.1, 0.15) is 44.9 Å². The van der Waals surface area contributed by atoms with Crippen LogP contribution >= 0.6 is 23.2 Å². The smallest absolute Gasteiger partial charge is 0.259 e. The molecule has 0 radical (unpaired) electrons. The molecule has 160 valence electrons. The summed E-state index contributed by atoms with van der Waals surface area (Å²) in [5.74, 6) is 0.0510. The van der Waals surface area contributed by atoms with E-state index >= 15 is 0 Å². The normalized spacial score (nSPS) is 13.2. The zero-order valence-electron chi connectivity index (χ0n) is 17.1. The molecule has 2 aromatic carbocycles. The van der Waals surface area contributed by atoms with E-state index in [-0.39, 0.29) is 11.8 Å². The lowest BCUT2D eigenvalue weighted by atomic mass is 10.0. The van der Waals surface area contributed by atoms with E-state index < -0.39 is 0 Å². The van der Waals surface area contributed by atoms with Gasteiger partial charge in [0.1, 0.15) is 17.0 Å². The Labute approximate surface area is 190 Å². The molecule has 0 unspecified atom stereocenters. The first-order chi connectivity index (χ1) is 14.8. The first-order valence-corrected chi connectivity index (χ1v) is 10.7. The first kappa shape index (κ1) is 21.4. The number of amides is 2. The molecule has 2 amide bonds. The maximum absolute atomic E-state index is 13.2. The monoisotopic (exact) mass is 457 g/mol. The van der Waals surface area contributed by atoms with Crippen molar-refractivity contribution in [3.05, 3.63) is 75.0 Å². The summed E-state index contributed by atoms with van der Waals surface area (Å²) < 4.78 is 5.30. The number of hydrogen-bond acceptors (Lipinski definition) is 4. The van der Waals surface area contributed by atoms with Crippen molar-refractivity contribution in [1.82, 2.24) is 15.4 Å². The van der Waals surface area contributed by atoms with Crippen molar-refractivity contribution >= 4 is 35.0 Å². The van der Waals surface area contributed by atoms with Crippen LogP contribution in [-0.4, -0.2) is 35.0 Å². The average Bonchev–Trinajstić information content (AvgIpc) is 3.48. The molecule has 6 nitrogen and oxygen atoms in total. The summed E-state index contributed by atoms with van der Waals surface area (Å²) in [6.45, 7) is 2.03. The molecule has 8 heteroatoms. The van der Waals surface area contributed by atoms with Crippen LogP contribution in [0.5, 0.6) is 0 Å². The summed E-state index contributed by atoms with van der Waals surface area (Å²) in [7, 11) is 1.69. The van der Waals surface area contributed by atoms with E-state index in [4.69, 9.17) is 27.7 Å². The molecule has 1 saturated carbocycles. The molecule has 31 heavy (non-hydrogen) atoms. The zero-order valence-corrected chi connectivity index (χ0v) is 18.6. The Morgan fingerprint density at radius 3 is 2.39 bits per heavy atom. The van der Waals surface area contributed by atoms with Crippen molar-refractivity contribution in [2.24, 2.45) is 0 Å².